The number of nitrogens with zero attached hydrogens (tertiary/aromatic N) is 2. The summed E-state index contributed by atoms with van der Waals surface area (Å²) in [6.45, 7) is 2.86. The van der Waals surface area contributed by atoms with E-state index in [-0.39, 0.29) is 17.9 Å². The maximum Gasteiger partial charge on any atom is 0.308 e. The molecule has 1 saturated heterocycles. The van der Waals surface area contributed by atoms with Crippen molar-refractivity contribution >= 4 is 11.9 Å². The van der Waals surface area contributed by atoms with Gasteiger partial charge in [-0.3, -0.25) is 9.59 Å². The van der Waals surface area contributed by atoms with Crippen molar-refractivity contribution in [2.45, 2.75) is 81.8 Å². The molecule has 0 spiro atoms. The van der Waals surface area contributed by atoms with Crippen molar-refractivity contribution in [2.75, 3.05) is 27.2 Å². The van der Waals surface area contributed by atoms with Crippen LogP contribution in [-0.4, -0.2) is 65.6 Å². The van der Waals surface area contributed by atoms with E-state index in [9.17, 15) is 14.7 Å². The summed E-state index contributed by atoms with van der Waals surface area (Å²) in [7, 11) is 3.98. The van der Waals surface area contributed by atoms with E-state index in [0.29, 0.717) is 31.6 Å². The van der Waals surface area contributed by atoms with Crippen molar-refractivity contribution in [1.82, 2.24) is 9.80 Å². The van der Waals surface area contributed by atoms with Gasteiger partial charge in [-0.2, -0.15) is 0 Å². The van der Waals surface area contributed by atoms with Crippen LogP contribution >= 0.6 is 0 Å². The summed E-state index contributed by atoms with van der Waals surface area (Å²) in [5, 5.41) is 12.0. The molecule has 1 amide bonds. The van der Waals surface area contributed by atoms with E-state index >= 15 is 0 Å². The van der Waals surface area contributed by atoms with Gasteiger partial charge < -0.3 is 19.6 Å². The summed E-state index contributed by atoms with van der Waals surface area (Å²) in [4.78, 5) is 28.9. The first kappa shape index (κ1) is 27.3. The fourth-order valence-electron chi connectivity index (χ4n) is 6.50. The molecular weight excluding hydrogens is 464 g/mol. The molecular formula is C31H42N2O4. The van der Waals surface area contributed by atoms with Gasteiger partial charge in [-0.05, 0) is 81.8 Å². The molecule has 1 aliphatic carbocycles. The highest BCUT2D eigenvalue weighted by atomic mass is 16.5. The van der Waals surface area contributed by atoms with E-state index in [1.807, 2.05) is 36.2 Å². The van der Waals surface area contributed by atoms with Crippen LogP contribution in [0.1, 0.15) is 69.4 Å². The number of benzene rings is 2. The molecule has 2 aromatic rings. The molecule has 200 valence electrons. The van der Waals surface area contributed by atoms with Gasteiger partial charge in [0.15, 0.2) is 0 Å². The maximum absolute atomic E-state index is 13.2. The number of hydrogen-bond acceptors (Lipinski definition) is 5. The van der Waals surface area contributed by atoms with E-state index in [4.69, 9.17) is 4.74 Å². The molecule has 3 atom stereocenters. The zero-order chi connectivity index (χ0) is 26.5. The number of carbonyl (C=O) groups is 2. The lowest BCUT2D eigenvalue weighted by atomic mass is 9.55. The Hall–Kier alpha value is -2.70. The van der Waals surface area contributed by atoms with E-state index in [1.54, 1.807) is 6.07 Å². The Balaban J connectivity index is 1.43. The van der Waals surface area contributed by atoms with Gasteiger partial charge in [0.1, 0.15) is 5.75 Å². The summed E-state index contributed by atoms with van der Waals surface area (Å²) in [5.74, 6) is 0.332. The number of fused-ring (bicyclic) bond motifs is 1. The van der Waals surface area contributed by atoms with Gasteiger partial charge in [-0.25, -0.2) is 0 Å². The van der Waals surface area contributed by atoms with Crippen molar-refractivity contribution < 1.29 is 19.4 Å². The average Bonchev–Trinajstić information content (AvgIpc) is 2.87. The SMILES string of the molecule is CC(=O)Oc1cccc(C23CCN(C)CC2(O)CCC(N(C)C(=O)CCCCCc2ccccc2)C3)c1. The quantitative estimate of drug-likeness (QED) is 0.303. The predicted octanol–water partition coefficient (Wildman–Crippen LogP) is 4.73. The van der Waals surface area contributed by atoms with E-state index in [0.717, 1.165) is 50.6 Å². The molecule has 2 aromatic carbocycles. The van der Waals surface area contributed by atoms with Crippen molar-refractivity contribution in [2.24, 2.45) is 0 Å². The topological polar surface area (TPSA) is 70.1 Å². The first-order chi connectivity index (χ1) is 17.7. The zero-order valence-electron chi connectivity index (χ0n) is 22.6. The highest BCUT2D eigenvalue weighted by Gasteiger charge is 2.57. The molecule has 37 heavy (non-hydrogen) atoms. The number of carbonyl (C=O) groups excluding carboxylic acids is 2. The number of likely N-dealkylation sites (N-methyl/N-ethyl adjacent to an activating group) is 1. The second-order valence-electron chi connectivity index (χ2n) is 11.2. The van der Waals surface area contributed by atoms with Crippen molar-refractivity contribution in [3.05, 3.63) is 65.7 Å². The van der Waals surface area contributed by atoms with Crippen LogP contribution in [0.2, 0.25) is 0 Å². The summed E-state index contributed by atoms with van der Waals surface area (Å²) < 4.78 is 5.39. The third kappa shape index (κ3) is 6.24. The van der Waals surface area contributed by atoms with Crippen molar-refractivity contribution in [3.63, 3.8) is 0 Å². The number of aliphatic hydroxyl groups is 1. The highest BCUT2D eigenvalue weighted by Crippen LogP contribution is 2.52. The Bertz CT molecular complexity index is 1070. The Kier molecular flexibility index (Phi) is 8.71. The molecule has 2 fully saturated rings. The van der Waals surface area contributed by atoms with Crippen LogP contribution in [0.3, 0.4) is 0 Å². The minimum Gasteiger partial charge on any atom is -0.427 e. The molecule has 3 unspecified atom stereocenters. The highest BCUT2D eigenvalue weighted by molar-refractivity contribution is 5.76. The lowest BCUT2D eigenvalue weighted by molar-refractivity contribution is -0.146. The predicted molar refractivity (Wildman–Crippen MR) is 146 cm³/mol. The number of aryl methyl sites for hydroxylation is 1. The number of hydrogen-bond donors (Lipinski definition) is 1. The van der Waals surface area contributed by atoms with Gasteiger partial charge >= 0.3 is 5.97 Å². The normalized spacial score (nSPS) is 25.8. The third-order valence-electron chi connectivity index (χ3n) is 8.61. The molecule has 6 heteroatoms. The fraction of sp³-hybridized carbons (Fsp3) is 0.548. The summed E-state index contributed by atoms with van der Waals surface area (Å²) in [6, 6.07) is 18.2. The van der Waals surface area contributed by atoms with Crippen LogP contribution < -0.4 is 4.74 Å². The van der Waals surface area contributed by atoms with Gasteiger partial charge in [0.25, 0.3) is 0 Å². The van der Waals surface area contributed by atoms with E-state index in [1.165, 1.54) is 12.5 Å². The van der Waals surface area contributed by atoms with Crippen LogP contribution in [0.15, 0.2) is 54.6 Å². The molecule has 0 radical (unpaired) electrons. The maximum atomic E-state index is 13.2. The Morgan fingerprint density at radius 1 is 1.08 bits per heavy atom. The number of unbranched alkanes of at least 4 members (excludes halogenated alkanes) is 2. The Morgan fingerprint density at radius 3 is 2.62 bits per heavy atom. The monoisotopic (exact) mass is 506 g/mol. The van der Waals surface area contributed by atoms with Gasteiger partial charge in [-0.1, -0.05) is 48.9 Å². The molecule has 1 N–H and O–H groups in total. The first-order valence-electron chi connectivity index (χ1n) is 13.7. The number of ether oxygens (including phenoxy) is 1. The zero-order valence-corrected chi connectivity index (χ0v) is 22.6. The van der Waals surface area contributed by atoms with Crippen molar-refractivity contribution in [3.8, 4) is 5.75 Å². The molecule has 6 nitrogen and oxygen atoms in total. The number of β-amino-alcohol motifs (C(OH)–C–C–N with tert-alkyl or cyclic N) is 1. The molecule has 1 heterocycles. The second kappa shape index (κ2) is 11.8. The van der Waals surface area contributed by atoms with Gasteiger partial charge in [0.05, 0.1) is 5.60 Å². The number of rotatable bonds is 9. The van der Waals surface area contributed by atoms with E-state index < -0.39 is 11.0 Å². The van der Waals surface area contributed by atoms with Crippen LogP contribution in [0.5, 0.6) is 5.75 Å². The van der Waals surface area contributed by atoms with Crippen LogP contribution in [0.25, 0.3) is 0 Å². The molecule has 1 saturated carbocycles. The van der Waals surface area contributed by atoms with Gasteiger partial charge in [-0.15, -0.1) is 0 Å². The smallest absolute Gasteiger partial charge is 0.308 e. The summed E-state index contributed by atoms with van der Waals surface area (Å²) >= 11 is 0. The molecule has 1 aliphatic heterocycles. The first-order valence-corrected chi connectivity index (χ1v) is 13.7. The number of piperidine rings is 1. The minimum atomic E-state index is -0.896. The van der Waals surface area contributed by atoms with Crippen LogP contribution in [0, 0.1) is 0 Å². The average molecular weight is 507 g/mol. The van der Waals surface area contributed by atoms with Crippen LogP contribution in [-0.2, 0) is 21.4 Å². The second-order valence-corrected chi connectivity index (χ2v) is 11.2. The summed E-state index contributed by atoms with van der Waals surface area (Å²) in [5.41, 5.74) is 0.949. The number of esters is 1. The standard InChI is InChI=1S/C31H42N2O4/c1-24(34)37-28-15-10-14-26(21-28)30-19-20-32(2)23-31(30,36)18-17-27(22-30)33(3)29(35)16-9-5-8-13-25-11-6-4-7-12-25/h4,6-7,10-12,14-15,21,27,36H,5,8-9,13,16-20,22-23H2,1-3H3. The van der Waals surface area contributed by atoms with Crippen LogP contribution in [0.4, 0.5) is 0 Å². The largest absolute Gasteiger partial charge is 0.427 e. The molecule has 4 rings (SSSR count). The summed E-state index contributed by atoms with van der Waals surface area (Å²) in [6.07, 6.45) is 7.55. The molecule has 2 aliphatic rings. The van der Waals surface area contributed by atoms with Gasteiger partial charge in [0, 0.05) is 38.4 Å². The lowest BCUT2D eigenvalue weighted by Crippen LogP contribution is -2.66. The third-order valence-corrected chi connectivity index (χ3v) is 8.61. The van der Waals surface area contributed by atoms with E-state index in [2.05, 4.69) is 36.2 Å². The van der Waals surface area contributed by atoms with Crippen molar-refractivity contribution in [1.29, 1.82) is 0 Å². The molecule has 0 aromatic heterocycles. The fourth-order valence-corrected chi connectivity index (χ4v) is 6.50. The Labute approximate surface area is 221 Å². The number of likely N-dealkylation sites (tertiary alicyclic amines) is 1. The lowest BCUT2D eigenvalue weighted by Gasteiger charge is -2.58. The molecule has 0 bridgehead atoms. The van der Waals surface area contributed by atoms with Gasteiger partial charge in [0.2, 0.25) is 5.91 Å². The number of amides is 1. The Morgan fingerprint density at radius 2 is 1.86 bits per heavy atom. The minimum absolute atomic E-state index is 0.0675.